The molecule has 7 N–H and O–H groups in total. The van der Waals surface area contributed by atoms with Crippen molar-refractivity contribution in [2.45, 2.75) is 97.4 Å². The molecule has 0 atom stereocenters. The molecule has 7 aromatic rings. The highest BCUT2D eigenvalue weighted by molar-refractivity contribution is 9.10. The summed E-state index contributed by atoms with van der Waals surface area (Å²) in [6.07, 6.45) is 7.77. The summed E-state index contributed by atoms with van der Waals surface area (Å²) in [5.41, 5.74) is 9.46. The van der Waals surface area contributed by atoms with E-state index in [0.717, 1.165) is 87.7 Å². The van der Waals surface area contributed by atoms with Crippen molar-refractivity contribution in [2.24, 2.45) is 0 Å². The molecular weight excluding hydrogens is 915 g/mol. The Kier molecular flexibility index (Phi) is 13.3. The van der Waals surface area contributed by atoms with Gasteiger partial charge in [0.15, 0.2) is 17.1 Å². The number of carbonyl (C=O) groups is 2. The molecule has 17 heteroatoms. The number of carbonyl (C=O) groups excluding carboxylic acids is 2. The van der Waals surface area contributed by atoms with Crippen molar-refractivity contribution in [1.82, 2.24) is 39.8 Å². The second kappa shape index (κ2) is 19.0. The average Bonchev–Trinajstić information content (AvgIpc) is 4.19. The zero-order chi connectivity index (χ0) is 47.8. The van der Waals surface area contributed by atoms with E-state index in [0.29, 0.717) is 58.0 Å². The van der Waals surface area contributed by atoms with Gasteiger partial charge in [-0.1, -0.05) is 18.2 Å². The number of ether oxygens (including phenoxy) is 1. The SMILES string of the molecule is COc1cccc(Nc2cc(NCC(C)(C)O)c3ncc(-c4ccc(C(=O)NC5CC5)c(C)c4)n3n2)c1C.Cc1cc(-c2cnc3c(NCC(C)(C)O)cc(Br)nn23)ccc1C(=O)NC1CC1. The Labute approximate surface area is 398 Å². The predicted octanol–water partition coefficient (Wildman–Crippen LogP) is 8.38. The number of methoxy groups -OCH3 is 1. The molecule has 4 heterocycles. The summed E-state index contributed by atoms with van der Waals surface area (Å²) in [7, 11) is 1.65. The molecule has 0 spiro atoms. The Bertz CT molecular complexity index is 2980. The number of halogens is 1. The van der Waals surface area contributed by atoms with Gasteiger partial charge in [0.05, 0.1) is 53.5 Å². The van der Waals surface area contributed by atoms with Crippen LogP contribution in [0.2, 0.25) is 0 Å². The van der Waals surface area contributed by atoms with E-state index in [4.69, 9.17) is 9.84 Å². The van der Waals surface area contributed by atoms with Crippen LogP contribution in [-0.4, -0.2) is 94.7 Å². The van der Waals surface area contributed by atoms with Gasteiger partial charge in [-0.05, 0) is 144 Å². The Morgan fingerprint density at radius 1 is 0.701 bits per heavy atom. The second-order valence-corrected chi connectivity index (χ2v) is 19.5. The van der Waals surface area contributed by atoms with Crippen LogP contribution in [0.15, 0.2) is 83.7 Å². The number of nitrogens with one attached hydrogen (secondary N) is 5. The van der Waals surface area contributed by atoms with E-state index >= 15 is 0 Å². The molecule has 67 heavy (non-hydrogen) atoms. The molecule has 4 aromatic heterocycles. The van der Waals surface area contributed by atoms with Gasteiger partial charge in [0.1, 0.15) is 10.4 Å². The number of hydrogen-bond donors (Lipinski definition) is 7. The molecule has 2 aliphatic rings. The van der Waals surface area contributed by atoms with Gasteiger partial charge in [0, 0.05) is 64.7 Å². The molecule has 2 aliphatic carbocycles. The van der Waals surface area contributed by atoms with Crippen LogP contribution in [0.1, 0.15) is 90.8 Å². The van der Waals surface area contributed by atoms with Crippen LogP contribution in [0.4, 0.5) is 22.9 Å². The number of amides is 2. The lowest BCUT2D eigenvalue weighted by molar-refractivity contribution is 0.0939. The fourth-order valence-electron chi connectivity index (χ4n) is 7.49. The summed E-state index contributed by atoms with van der Waals surface area (Å²) in [6.45, 7) is 13.6. The van der Waals surface area contributed by atoms with Crippen molar-refractivity contribution in [3.8, 4) is 28.3 Å². The summed E-state index contributed by atoms with van der Waals surface area (Å²) in [5, 5.41) is 45.8. The lowest BCUT2D eigenvalue weighted by Gasteiger charge is -2.19. The number of aromatic nitrogens is 6. The number of imidazole rings is 2. The highest BCUT2D eigenvalue weighted by Gasteiger charge is 2.26. The van der Waals surface area contributed by atoms with Crippen LogP contribution in [0.5, 0.6) is 5.75 Å². The highest BCUT2D eigenvalue weighted by atomic mass is 79.9. The third-order valence-corrected chi connectivity index (χ3v) is 11.8. The number of benzene rings is 3. The number of nitrogens with zero attached hydrogens (tertiary/aromatic N) is 6. The molecular formula is C50H58BrN11O5. The monoisotopic (exact) mass is 971 g/mol. The van der Waals surface area contributed by atoms with Gasteiger partial charge >= 0.3 is 0 Å². The molecule has 0 saturated heterocycles. The first-order valence-corrected chi connectivity index (χ1v) is 23.2. The molecule has 0 unspecified atom stereocenters. The molecule has 350 valence electrons. The van der Waals surface area contributed by atoms with Crippen molar-refractivity contribution >= 4 is 61.9 Å². The van der Waals surface area contributed by atoms with E-state index in [2.05, 4.69) is 57.6 Å². The second-order valence-electron chi connectivity index (χ2n) is 18.7. The van der Waals surface area contributed by atoms with Crippen LogP contribution in [-0.2, 0) is 0 Å². The zero-order valence-electron chi connectivity index (χ0n) is 39.1. The molecule has 3 aromatic carbocycles. The molecule has 0 radical (unpaired) electrons. The first-order valence-electron chi connectivity index (χ1n) is 22.4. The maximum absolute atomic E-state index is 12.6. The van der Waals surface area contributed by atoms with E-state index in [1.807, 2.05) is 87.5 Å². The van der Waals surface area contributed by atoms with Crippen molar-refractivity contribution in [2.75, 3.05) is 36.1 Å². The van der Waals surface area contributed by atoms with Gasteiger partial charge in [-0.3, -0.25) is 9.59 Å². The topological polar surface area (TPSA) is 204 Å². The fraction of sp³-hybridized carbons (Fsp3) is 0.360. The largest absolute Gasteiger partial charge is 0.496 e. The Balaban J connectivity index is 0.000000188. The third kappa shape index (κ3) is 11.4. The van der Waals surface area contributed by atoms with E-state index < -0.39 is 11.2 Å². The molecule has 0 bridgehead atoms. The normalized spacial score (nSPS) is 13.8. The number of hydrogen-bond acceptors (Lipinski definition) is 12. The summed E-state index contributed by atoms with van der Waals surface area (Å²) in [5.74, 6) is 1.32. The maximum atomic E-state index is 12.6. The van der Waals surface area contributed by atoms with Gasteiger partial charge in [-0.2, -0.15) is 5.10 Å². The number of rotatable bonds is 15. The van der Waals surface area contributed by atoms with Crippen LogP contribution >= 0.6 is 15.9 Å². The minimum Gasteiger partial charge on any atom is -0.496 e. The Morgan fingerprint density at radius 2 is 1.19 bits per heavy atom. The minimum atomic E-state index is -0.916. The van der Waals surface area contributed by atoms with Gasteiger partial charge in [-0.15, -0.1) is 5.10 Å². The van der Waals surface area contributed by atoms with Gasteiger partial charge < -0.3 is 41.5 Å². The Morgan fingerprint density at radius 3 is 1.66 bits per heavy atom. The quantitative estimate of drug-likeness (QED) is 0.0518. The Hall–Kier alpha value is -6.56. The zero-order valence-corrected chi connectivity index (χ0v) is 40.7. The van der Waals surface area contributed by atoms with Gasteiger partial charge in [0.25, 0.3) is 11.8 Å². The summed E-state index contributed by atoms with van der Waals surface area (Å²) >= 11 is 3.45. The molecule has 9 rings (SSSR count). The maximum Gasteiger partial charge on any atom is 0.251 e. The van der Waals surface area contributed by atoms with Crippen LogP contribution in [0.25, 0.3) is 33.8 Å². The smallest absolute Gasteiger partial charge is 0.251 e. The van der Waals surface area contributed by atoms with Gasteiger partial charge in [0.2, 0.25) is 0 Å². The summed E-state index contributed by atoms with van der Waals surface area (Å²) < 4.78 is 9.67. The molecule has 2 fully saturated rings. The van der Waals surface area contributed by atoms with E-state index in [1.54, 1.807) is 56.2 Å². The average molecular weight is 973 g/mol. The van der Waals surface area contributed by atoms with Crippen LogP contribution < -0.4 is 31.3 Å². The summed E-state index contributed by atoms with van der Waals surface area (Å²) in [6, 6.07) is 21.7. The van der Waals surface area contributed by atoms with Gasteiger partial charge in [-0.25, -0.2) is 19.0 Å². The van der Waals surface area contributed by atoms with Crippen LogP contribution in [0.3, 0.4) is 0 Å². The van der Waals surface area contributed by atoms with Crippen molar-refractivity contribution in [1.29, 1.82) is 0 Å². The molecule has 2 saturated carbocycles. The van der Waals surface area contributed by atoms with E-state index in [9.17, 15) is 19.8 Å². The van der Waals surface area contributed by atoms with Crippen LogP contribution in [0, 0.1) is 20.8 Å². The minimum absolute atomic E-state index is 0.0198. The number of aliphatic hydroxyl groups is 2. The number of anilines is 4. The number of aryl methyl sites for hydroxylation is 2. The lowest BCUT2D eigenvalue weighted by Crippen LogP contribution is -2.29. The predicted molar refractivity (Wildman–Crippen MR) is 266 cm³/mol. The number of fused-ring (bicyclic) bond motifs is 2. The molecule has 0 aliphatic heterocycles. The standard InChI is InChI=1S/C29H34N6O3.C21H24BrN5O2/c1-17-13-19(9-12-21(17)28(36)32-20-10-11-20)24-15-30-27-23(31-16-29(3,4)37)14-26(34-35(24)27)33-22-7-6-8-25(38-5)18(22)2;1-12-8-13(4-7-15(12)20(28)25-14-5-6-14)17-10-23-19-16(24-11-21(2,3)29)9-18(22)26-27(17)19/h6-9,12-15,20,31,37H,10-11,16H2,1-5H3,(H,32,36)(H,33,34);4,7-10,14,24,29H,5-6,11H2,1-3H3,(H,25,28). The van der Waals surface area contributed by atoms with Crippen molar-refractivity contribution in [3.05, 3.63) is 112 Å². The van der Waals surface area contributed by atoms with Crippen molar-refractivity contribution < 1.29 is 24.5 Å². The third-order valence-electron chi connectivity index (χ3n) is 11.5. The molecule has 2 amide bonds. The van der Waals surface area contributed by atoms with Crippen molar-refractivity contribution in [3.63, 3.8) is 0 Å². The fourth-order valence-corrected chi connectivity index (χ4v) is 7.88. The summed E-state index contributed by atoms with van der Waals surface area (Å²) in [4.78, 5) is 34.2. The lowest BCUT2D eigenvalue weighted by atomic mass is 10.0. The van der Waals surface area contributed by atoms with E-state index in [-0.39, 0.29) is 11.8 Å². The highest BCUT2D eigenvalue weighted by Crippen LogP contribution is 2.33. The first kappa shape index (κ1) is 47.0. The molecule has 16 nitrogen and oxygen atoms in total. The first-order chi connectivity index (χ1) is 31.8. The van der Waals surface area contributed by atoms with E-state index in [1.165, 1.54) is 0 Å².